The van der Waals surface area contributed by atoms with E-state index in [1.165, 1.54) is 6.92 Å². The van der Waals surface area contributed by atoms with Crippen LogP contribution in [0.25, 0.3) is 0 Å². The summed E-state index contributed by atoms with van der Waals surface area (Å²) in [4.78, 5) is 29.9. The van der Waals surface area contributed by atoms with Crippen LogP contribution in [0.1, 0.15) is 18.3 Å². The smallest absolute Gasteiger partial charge is 0.328 e. The van der Waals surface area contributed by atoms with Crippen molar-refractivity contribution in [3.63, 3.8) is 0 Å². The number of nitrogens with one attached hydrogen (secondary N) is 3. The van der Waals surface area contributed by atoms with E-state index in [1.807, 2.05) is 0 Å². The molecule has 0 radical (unpaired) electrons. The number of H-pyrrole nitrogens is 1. The van der Waals surface area contributed by atoms with Crippen LogP contribution in [0.2, 0.25) is 0 Å². The van der Waals surface area contributed by atoms with Crippen molar-refractivity contribution in [3.8, 4) is 0 Å². The highest BCUT2D eigenvalue weighted by atomic mass is 16.4. The van der Waals surface area contributed by atoms with Gasteiger partial charge in [0.15, 0.2) is 6.04 Å². The third-order valence-corrected chi connectivity index (χ3v) is 3.09. The van der Waals surface area contributed by atoms with Gasteiger partial charge in [-0.3, -0.25) is 10.1 Å². The summed E-state index contributed by atoms with van der Waals surface area (Å²) in [5.74, 6) is -1.72. The van der Waals surface area contributed by atoms with E-state index < -0.39 is 30.1 Å². The minimum Gasteiger partial charge on any atom is -0.480 e. The molecule has 104 valence electrons. The number of carboxylic acids is 1. The standard InChI is InChI=1S/C11H16N4O4/c1-5(16)9(11(18)19)15-10(17)7-2-6-8(3-12-7)14-4-13-6/h4-5,7,9,12,16H,2-3H2,1H3,(H,13,14)(H,15,17)(H,18,19). The van der Waals surface area contributed by atoms with Gasteiger partial charge >= 0.3 is 5.97 Å². The zero-order valence-electron chi connectivity index (χ0n) is 10.4. The predicted molar refractivity (Wildman–Crippen MR) is 64.2 cm³/mol. The molecule has 8 nitrogen and oxygen atoms in total. The summed E-state index contributed by atoms with van der Waals surface area (Å²) in [5.41, 5.74) is 1.72. The van der Waals surface area contributed by atoms with Crippen molar-refractivity contribution in [1.29, 1.82) is 0 Å². The molecule has 1 aromatic rings. The summed E-state index contributed by atoms with van der Waals surface area (Å²) in [6.45, 7) is 1.79. The molecule has 3 unspecified atom stereocenters. The molecule has 2 heterocycles. The van der Waals surface area contributed by atoms with Crippen molar-refractivity contribution in [1.82, 2.24) is 20.6 Å². The van der Waals surface area contributed by atoms with E-state index in [4.69, 9.17) is 5.11 Å². The van der Waals surface area contributed by atoms with Crippen molar-refractivity contribution in [2.24, 2.45) is 0 Å². The average molecular weight is 268 g/mol. The van der Waals surface area contributed by atoms with Gasteiger partial charge in [0.05, 0.1) is 29.9 Å². The second-order valence-corrected chi connectivity index (χ2v) is 4.53. The summed E-state index contributed by atoms with van der Waals surface area (Å²) in [6.07, 6.45) is 0.783. The van der Waals surface area contributed by atoms with Gasteiger partial charge in [0.1, 0.15) is 0 Å². The number of hydrogen-bond acceptors (Lipinski definition) is 5. The van der Waals surface area contributed by atoms with E-state index in [0.29, 0.717) is 13.0 Å². The predicted octanol–water partition coefficient (Wildman–Crippen LogP) is -1.63. The maximum absolute atomic E-state index is 12.0. The number of aliphatic carboxylic acids is 1. The minimum absolute atomic E-state index is 0.386. The lowest BCUT2D eigenvalue weighted by atomic mass is 10.0. The van der Waals surface area contributed by atoms with Gasteiger partial charge in [-0.1, -0.05) is 0 Å². The number of rotatable bonds is 4. The van der Waals surface area contributed by atoms with Gasteiger partial charge in [-0.2, -0.15) is 0 Å². The molecule has 2 rings (SSSR count). The van der Waals surface area contributed by atoms with Crippen molar-refractivity contribution < 1.29 is 19.8 Å². The molecule has 1 amide bonds. The SMILES string of the molecule is CC(O)C(NC(=O)C1Cc2nc[nH]c2CN1)C(=O)O. The summed E-state index contributed by atoms with van der Waals surface area (Å²) < 4.78 is 0. The fourth-order valence-corrected chi connectivity index (χ4v) is 2.00. The number of aliphatic hydroxyl groups excluding tert-OH is 1. The molecule has 0 aromatic carbocycles. The highest BCUT2D eigenvalue weighted by molar-refractivity contribution is 5.87. The maximum Gasteiger partial charge on any atom is 0.328 e. The molecular weight excluding hydrogens is 252 g/mol. The summed E-state index contributed by atoms with van der Waals surface area (Å²) in [6, 6.07) is -1.86. The van der Waals surface area contributed by atoms with Crippen molar-refractivity contribution in [2.75, 3.05) is 0 Å². The molecule has 1 aliphatic rings. The van der Waals surface area contributed by atoms with Gasteiger partial charge in [-0.25, -0.2) is 9.78 Å². The molecule has 1 aliphatic heterocycles. The van der Waals surface area contributed by atoms with Crippen LogP contribution in [0.4, 0.5) is 0 Å². The first kappa shape index (κ1) is 13.5. The van der Waals surface area contributed by atoms with Crippen LogP contribution >= 0.6 is 0 Å². The largest absolute Gasteiger partial charge is 0.480 e. The summed E-state index contributed by atoms with van der Waals surface area (Å²) >= 11 is 0. The van der Waals surface area contributed by atoms with E-state index in [2.05, 4.69) is 20.6 Å². The third-order valence-electron chi connectivity index (χ3n) is 3.09. The Hall–Kier alpha value is -1.93. The topological polar surface area (TPSA) is 127 Å². The van der Waals surface area contributed by atoms with Gasteiger partial charge in [0.25, 0.3) is 0 Å². The van der Waals surface area contributed by atoms with Crippen LogP contribution in [-0.4, -0.2) is 50.2 Å². The van der Waals surface area contributed by atoms with Gasteiger partial charge in [0.2, 0.25) is 5.91 Å². The Balaban J connectivity index is 2.00. The van der Waals surface area contributed by atoms with E-state index in [9.17, 15) is 14.7 Å². The van der Waals surface area contributed by atoms with Crippen LogP contribution < -0.4 is 10.6 Å². The molecule has 1 aromatic heterocycles. The summed E-state index contributed by atoms with van der Waals surface area (Å²) in [7, 11) is 0. The van der Waals surface area contributed by atoms with Gasteiger partial charge < -0.3 is 20.5 Å². The minimum atomic E-state index is -1.31. The first-order valence-corrected chi connectivity index (χ1v) is 5.94. The summed E-state index contributed by atoms with van der Waals surface area (Å²) in [5, 5.41) is 23.5. The van der Waals surface area contributed by atoms with Crippen molar-refractivity contribution in [3.05, 3.63) is 17.7 Å². The number of carboxylic acid groups (broad SMARTS) is 1. The zero-order chi connectivity index (χ0) is 14.0. The van der Waals surface area contributed by atoms with Gasteiger partial charge in [0, 0.05) is 13.0 Å². The number of fused-ring (bicyclic) bond motifs is 1. The Bertz CT molecular complexity index is 485. The number of carbonyl (C=O) groups is 2. The van der Waals surface area contributed by atoms with E-state index in [0.717, 1.165) is 11.4 Å². The Morgan fingerprint density at radius 2 is 2.32 bits per heavy atom. The number of aliphatic hydroxyl groups is 1. The number of amides is 1. The lowest BCUT2D eigenvalue weighted by Gasteiger charge is -2.25. The van der Waals surface area contributed by atoms with Gasteiger partial charge in [-0.15, -0.1) is 0 Å². The third kappa shape index (κ3) is 2.91. The van der Waals surface area contributed by atoms with Crippen LogP contribution in [-0.2, 0) is 22.6 Å². The molecule has 5 N–H and O–H groups in total. The Morgan fingerprint density at radius 3 is 2.95 bits per heavy atom. The van der Waals surface area contributed by atoms with Crippen molar-refractivity contribution >= 4 is 11.9 Å². The number of carbonyl (C=O) groups excluding carboxylic acids is 1. The molecule has 0 saturated carbocycles. The zero-order valence-corrected chi connectivity index (χ0v) is 10.4. The molecular formula is C11H16N4O4. The monoisotopic (exact) mass is 268 g/mol. The van der Waals surface area contributed by atoms with Crippen LogP contribution in [0.15, 0.2) is 6.33 Å². The van der Waals surface area contributed by atoms with Crippen molar-refractivity contribution in [2.45, 2.75) is 38.1 Å². The molecule has 8 heteroatoms. The molecule has 0 spiro atoms. The number of nitrogens with zero attached hydrogens (tertiary/aromatic N) is 1. The van der Waals surface area contributed by atoms with E-state index in [-0.39, 0.29) is 0 Å². The fourth-order valence-electron chi connectivity index (χ4n) is 2.00. The molecule has 0 saturated heterocycles. The van der Waals surface area contributed by atoms with Crippen LogP contribution in [0.5, 0.6) is 0 Å². The lowest BCUT2D eigenvalue weighted by Crippen LogP contribution is -2.55. The average Bonchev–Trinajstić information content (AvgIpc) is 2.81. The Labute approximate surface area is 109 Å². The number of aromatic nitrogens is 2. The number of hydrogen-bond donors (Lipinski definition) is 5. The number of aromatic amines is 1. The first-order valence-electron chi connectivity index (χ1n) is 5.94. The second kappa shape index (κ2) is 5.37. The van der Waals surface area contributed by atoms with E-state index >= 15 is 0 Å². The molecule has 0 fully saturated rings. The molecule has 3 atom stereocenters. The maximum atomic E-state index is 12.0. The van der Waals surface area contributed by atoms with Crippen LogP contribution in [0.3, 0.4) is 0 Å². The quantitative estimate of drug-likeness (QED) is 0.446. The number of imidazole rings is 1. The lowest BCUT2D eigenvalue weighted by molar-refractivity contribution is -0.145. The first-order chi connectivity index (χ1) is 8.99. The van der Waals surface area contributed by atoms with E-state index in [1.54, 1.807) is 6.33 Å². The Kier molecular flexibility index (Phi) is 3.82. The molecule has 0 bridgehead atoms. The highest BCUT2D eigenvalue weighted by Gasteiger charge is 2.31. The van der Waals surface area contributed by atoms with Gasteiger partial charge in [-0.05, 0) is 6.92 Å². The van der Waals surface area contributed by atoms with Crippen LogP contribution in [0, 0.1) is 0 Å². The Morgan fingerprint density at radius 1 is 1.58 bits per heavy atom. The normalized spacial score (nSPS) is 21.3. The highest BCUT2D eigenvalue weighted by Crippen LogP contribution is 2.12. The molecule has 19 heavy (non-hydrogen) atoms. The molecule has 0 aliphatic carbocycles. The second-order valence-electron chi connectivity index (χ2n) is 4.53. The fraction of sp³-hybridized carbons (Fsp3) is 0.545.